The van der Waals surface area contributed by atoms with Crippen LogP contribution in [0.2, 0.25) is 0 Å². The molecule has 0 saturated carbocycles. The van der Waals surface area contributed by atoms with Crippen molar-refractivity contribution >= 4 is 11.9 Å². The molecule has 2 unspecified atom stereocenters. The molecular formula is C60H113NO5. The second-order valence-corrected chi connectivity index (χ2v) is 20.0. The van der Waals surface area contributed by atoms with Crippen LogP contribution in [0.3, 0.4) is 0 Å². The first-order valence-corrected chi connectivity index (χ1v) is 29.3. The Labute approximate surface area is 411 Å². The predicted molar refractivity (Wildman–Crippen MR) is 287 cm³/mol. The lowest BCUT2D eigenvalue weighted by atomic mass is 10.0. The van der Waals surface area contributed by atoms with Crippen molar-refractivity contribution in [3.63, 3.8) is 0 Å². The Bertz CT molecular complexity index is 1070. The average Bonchev–Trinajstić information content (AvgIpc) is 3.32. The predicted octanol–water partition coefficient (Wildman–Crippen LogP) is 18.0. The van der Waals surface area contributed by atoms with Gasteiger partial charge < -0.3 is 20.3 Å². The number of hydrogen-bond acceptors (Lipinski definition) is 5. The number of allylic oxidation sites excluding steroid dienone is 5. The SMILES string of the molecule is CCCCC/C=C\C/C=C\CCCCCCCCCC(=O)OCCCCCCCCCCCCCCCCCCCCC(=O)NC(CO)C(O)/C=C/CCCCCCCCCCCCCC. The zero-order chi connectivity index (χ0) is 47.9. The molecule has 0 rings (SSSR count). The van der Waals surface area contributed by atoms with E-state index < -0.39 is 12.1 Å². The standard InChI is InChI=1S/C60H113NO5/c1-3-5-7-9-11-13-15-17-19-22-26-30-34-38-42-46-50-54-60(65)66-55-51-47-43-39-35-31-27-24-21-20-23-25-29-33-37-41-45-49-53-59(64)61-57(56-62)58(63)52-48-44-40-36-32-28-18-16-14-12-10-8-6-4-2/h11,13,17,19,48,52,57-58,62-63H,3-10,12,14-16,18,20-47,49-51,53-56H2,1-2H3,(H,61,64)/b13-11-,19-17-,52-48+. The minimum Gasteiger partial charge on any atom is -0.466 e. The fourth-order valence-electron chi connectivity index (χ4n) is 8.90. The second-order valence-electron chi connectivity index (χ2n) is 20.0. The van der Waals surface area contributed by atoms with Crippen LogP contribution < -0.4 is 5.32 Å². The number of nitrogens with one attached hydrogen (secondary N) is 1. The quantitative estimate of drug-likeness (QED) is 0.0321. The van der Waals surface area contributed by atoms with Crippen LogP contribution in [0.1, 0.15) is 309 Å². The highest BCUT2D eigenvalue weighted by Crippen LogP contribution is 2.17. The molecular weight excluding hydrogens is 815 g/mol. The number of aliphatic hydroxyl groups is 2. The Morgan fingerprint density at radius 2 is 0.758 bits per heavy atom. The van der Waals surface area contributed by atoms with Crippen molar-refractivity contribution in [2.75, 3.05) is 13.2 Å². The van der Waals surface area contributed by atoms with Gasteiger partial charge in [-0.1, -0.05) is 269 Å². The van der Waals surface area contributed by atoms with E-state index in [2.05, 4.69) is 43.5 Å². The molecule has 2 atom stereocenters. The average molecular weight is 929 g/mol. The first kappa shape index (κ1) is 64.1. The highest BCUT2D eigenvalue weighted by Gasteiger charge is 2.18. The van der Waals surface area contributed by atoms with Gasteiger partial charge in [0.15, 0.2) is 0 Å². The third-order valence-corrected chi connectivity index (χ3v) is 13.4. The van der Waals surface area contributed by atoms with E-state index in [0.717, 1.165) is 51.4 Å². The molecule has 66 heavy (non-hydrogen) atoms. The van der Waals surface area contributed by atoms with Crippen LogP contribution in [0.25, 0.3) is 0 Å². The molecule has 3 N–H and O–H groups in total. The van der Waals surface area contributed by atoms with Crippen molar-refractivity contribution in [3.05, 3.63) is 36.5 Å². The normalized spacial score (nSPS) is 12.8. The monoisotopic (exact) mass is 928 g/mol. The summed E-state index contributed by atoms with van der Waals surface area (Å²) in [6.45, 7) is 4.87. The smallest absolute Gasteiger partial charge is 0.305 e. The fraction of sp³-hybridized carbons (Fsp3) is 0.867. The lowest BCUT2D eigenvalue weighted by Crippen LogP contribution is -2.45. The fourth-order valence-corrected chi connectivity index (χ4v) is 8.90. The van der Waals surface area contributed by atoms with Gasteiger partial charge >= 0.3 is 5.97 Å². The highest BCUT2D eigenvalue weighted by atomic mass is 16.5. The van der Waals surface area contributed by atoms with Gasteiger partial charge in [-0.15, -0.1) is 0 Å². The first-order chi connectivity index (χ1) is 32.5. The molecule has 0 fully saturated rings. The van der Waals surface area contributed by atoms with Crippen LogP contribution in [0.15, 0.2) is 36.5 Å². The Morgan fingerprint density at radius 1 is 0.424 bits per heavy atom. The molecule has 0 aromatic rings. The van der Waals surface area contributed by atoms with Crippen LogP contribution in [0.5, 0.6) is 0 Å². The molecule has 0 heterocycles. The zero-order valence-electron chi connectivity index (χ0n) is 44.2. The molecule has 0 aromatic heterocycles. The largest absolute Gasteiger partial charge is 0.466 e. The molecule has 0 aliphatic carbocycles. The number of esters is 1. The first-order valence-electron chi connectivity index (χ1n) is 29.3. The van der Waals surface area contributed by atoms with E-state index in [1.54, 1.807) is 6.08 Å². The maximum atomic E-state index is 12.4. The Balaban J connectivity index is 3.43. The van der Waals surface area contributed by atoms with Crippen molar-refractivity contribution in [1.82, 2.24) is 5.32 Å². The molecule has 1 amide bonds. The van der Waals surface area contributed by atoms with Gasteiger partial charge in [-0.05, 0) is 64.2 Å². The van der Waals surface area contributed by atoms with E-state index in [9.17, 15) is 19.8 Å². The van der Waals surface area contributed by atoms with Crippen LogP contribution in [0.4, 0.5) is 0 Å². The van der Waals surface area contributed by atoms with E-state index in [-0.39, 0.29) is 18.5 Å². The highest BCUT2D eigenvalue weighted by molar-refractivity contribution is 5.76. The van der Waals surface area contributed by atoms with Crippen LogP contribution in [-0.2, 0) is 14.3 Å². The molecule has 388 valence electrons. The number of carbonyl (C=O) groups excluding carboxylic acids is 2. The lowest BCUT2D eigenvalue weighted by Gasteiger charge is -2.20. The maximum Gasteiger partial charge on any atom is 0.305 e. The summed E-state index contributed by atoms with van der Waals surface area (Å²) in [4.78, 5) is 24.5. The lowest BCUT2D eigenvalue weighted by molar-refractivity contribution is -0.143. The molecule has 6 nitrogen and oxygen atoms in total. The van der Waals surface area contributed by atoms with Crippen molar-refractivity contribution in [1.29, 1.82) is 0 Å². The van der Waals surface area contributed by atoms with E-state index in [1.165, 1.54) is 231 Å². The topological polar surface area (TPSA) is 95.9 Å². The summed E-state index contributed by atoms with van der Waals surface area (Å²) in [5.74, 6) is -0.0732. The van der Waals surface area contributed by atoms with Gasteiger partial charge in [-0.3, -0.25) is 9.59 Å². The second kappa shape index (κ2) is 55.7. The van der Waals surface area contributed by atoms with E-state index in [0.29, 0.717) is 19.4 Å². The minimum atomic E-state index is -0.847. The molecule has 0 radical (unpaired) electrons. The summed E-state index contributed by atoms with van der Waals surface area (Å²) in [7, 11) is 0. The molecule has 0 aliphatic heterocycles. The van der Waals surface area contributed by atoms with Crippen LogP contribution in [0, 0.1) is 0 Å². The summed E-state index contributed by atoms with van der Waals surface area (Å²) in [6, 6.07) is -0.631. The Hall–Kier alpha value is -1.92. The third kappa shape index (κ3) is 51.5. The summed E-state index contributed by atoms with van der Waals surface area (Å²) < 4.78 is 5.48. The van der Waals surface area contributed by atoms with Crippen LogP contribution >= 0.6 is 0 Å². The summed E-state index contributed by atoms with van der Waals surface area (Å²) in [6.07, 6.45) is 68.8. The molecule has 0 aromatic carbocycles. The number of ether oxygens (including phenoxy) is 1. The third-order valence-electron chi connectivity index (χ3n) is 13.4. The summed E-state index contributed by atoms with van der Waals surface area (Å²) in [5, 5.41) is 23.1. The number of rotatable bonds is 54. The number of amides is 1. The molecule has 6 heteroatoms. The van der Waals surface area contributed by atoms with Gasteiger partial charge in [-0.2, -0.15) is 0 Å². The van der Waals surface area contributed by atoms with Crippen molar-refractivity contribution in [2.45, 2.75) is 321 Å². The number of hydrogen-bond donors (Lipinski definition) is 3. The van der Waals surface area contributed by atoms with Gasteiger partial charge in [0.25, 0.3) is 0 Å². The summed E-state index contributed by atoms with van der Waals surface area (Å²) >= 11 is 0. The number of unbranched alkanes of at least 4 members (excludes halogenated alkanes) is 39. The van der Waals surface area contributed by atoms with Gasteiger partial charge in [0.05, 0.1) is 25.4 Å². The van der Waals surface area contributed by atoms with Crippen molar-refractivity contribution < 1.29 is 24.5 Å². The minimum absolute atomic E-state index is 0.00141. The number of carbonyl (C=O) groups is 2. The van der Waals surface area contributed by atoms with Gasteiger partial charge in [0, 0.05) is 12.8 Å². The zero-order valence-corrected chi connectivity index (χ0v) is 44.2. The Kier molecular flexibility index (Phi) is 54.1. The van der Waals surface area contributed by atoms with Crippen LogP contribution in [-0.4, -0.2) is 47.4 Å². The van der Waals surface area contributed by atoms with Gasteiger partial charge in [-0.25, -0.2) is 0 Å². The maximum absolute atomic E-state index is 12.4. The molecule has 0 aliphatic rings. The molecule has 0 bridgehead atoms. The van der Waals surface area contributed by atoms with Gasteiger partial charge in [0.1, 0.15) is 0 Å². The Morgan fingerprint density at radius 3 is 1.18 bits per heavy atom. The number of aliphatic hydroxyl groups excluding tert-OH is 2. The summed E-state index contributed by atoms with van der Waals surface area (Å²) in [5.41, 5.74) is 0. The van der Waals surface area contributed by atoms with Gasteiger partial charge in [0.2, 0.25) is 5.91 Å². The van der Waals surface area contributed by atoms with E-state index >= 15 is 0 Å². The molecule has 0 spiro atoms. The molecule has 0 saturated heterocycles. The van der Waals surface area contributed by atoms with E-state index in [4.69, 9.17) is 4.74 Å². The van der Waals surface area contributed by atoms with E-state index in [1.807, 2.05) is 6.08 Å². The van der Waals surface area contributed by atoms with Crippen molar-refractivity contribution in [3.8, 4) is 0 Å². The van der Waals surface area contributed by atoms with Crippen molar-refractivity contribution in [2.24, 2.45) is 0 Å².